The molecule has 0 radical (unpaired) electrons. The summed E-state index contributed by atoms with van der Waals surface area (Å²) in [6.45, 7) is 0.522. The molecule has 0 aromatic heterocycles. The molecule has 0 aliphatic rings. The molecule has 5 nitrogen and oxygen atoms in total. The number of rotatable bonds is 3. The highest BCUT2D eigenvalue weighted by atomic mass is 16.5. The van der Waals surface area contributed by atoms with Gasteiger partial charge in [0.05, 0.1) is 13.2 Å². The first-order valence-corrected chi connectivity index (χ1v) is 2.42. The Balaban J connectivity index is 3.27. The van der Waals surface area contributed by atoms with Gasteiger partial charge in [0.1, 0.15) is 0 Å². The van der Waals surface area contributed by atoms with Crippen LogP contribution in [0.25, 0.3) is 0 Å². The van der Waals surface area contributed by atoms with E-state index in [1.54, 1.807) is 0 Å². The number of nitrogens with two attached hydrogens (primary N) is 1. The molecule has 3 N–H and O–H groups in total. The molecule has 0 bridgehead atoms. The summed E-state index contributed by atoms with van der Waals surface area (Å²) in [5.41, 5.74) is 0. The second-order valence-corrected chi connectivity index (χ2v) is 1.47. The average Bonchev–Trinajstić information content (AvgIpc) is 1.82. The van der Waals surface area contributed by atoms with Crippen LogP contribution in [0.3, 0.4) is 0 Å². The molecule has 0 atom stereocenters. The SMILES string of the molecule is COCCN(N)C(=O)O. The highest BCUT2D eigenvalue weighted by Crippen LogP contribution is 1.77. The molecule has 0 aliphatic heterocycles. The lowest BCUT2D eigenvalue weighted by molar-refractivity contribution is 0.119. The summed E-state index contributed by atoms with van der Waals surface area (Å²) in [7, 11) is 1.48. The number of hydrazine groups is 1. The van der Waals surface area contributed by atoms with Gasteiger partial charge in [-0.25, -0.2) is 15.6 Å². The van der Waals surface area contributed by atoms with E-state index in [1.165, 1.54) is 7.11 Å². The van der Waals surface area contributed by atoms with Crippen molar-refractivity contribution in [2.24, 2.45) is 5.84 Å². The summed E-state index contributed by atoms with van der Waals surface area (Å²) < 4.78 is 4.58. The molecule has 1 amide bonds. The maximum Gasteiger partial charge on any atom is 0.421 e. The van der Waals surface area contributed by atoms with Crippen molar-refractivity contribution in [3.63, 3.8) is 0 Å². The van der Waals surface area contributed by atoms with Crippen LogP contribution >= 0.6 is 0 Å². The van der Waals surface area contributed by atoms with E-state index in [0.29, 0.717) is 11.6 Å². The Morgan fingerprint density at radius 3 is 2.78 bits per heavy atom. The van der Waals surface area contributed by atoms with Crippen molar-refractivity contribution in [3.8, 4) is 0 Å². The van der Waals surface area contributed by atoms with Crippen LogP contribution in [0.2, 0.25) is 0 Å². The fraction of sp³-hybridized carbons (Fsp3) is 0.750. The van der Waals surface area contributed by atoms with Crippen LogP contribution in [0.1, 0.15) is 0 Å². The van der Waals surface area contributed by atoms with Crippen molar-refractivity contribution < 1.29 is 14.6 Å². The Hall–Kier alpha value is -0.810. The first kappa shape index (κ1) is 8.19. The maximum absolute atomic E-state index is 9.95. The lowest BCUT2D eigenvalue weighted by atomic mass is 10.7. The predicted octanol–water partition coefficient (Wildman–Crippen LogP) is -0.514. The Morgan fingerprint density at radius 2 is 2.44 bits per heavy atom. The van der Waals surface area contributed by atoms with Gasteiger partial charge in [-0.1, -0.05) is 0 Å². The maximum atomic E-state index is 9.95. The smallest absolute Gasteiger partial charge is 0.421 e. The molecule has 0 fully saturated rings. The molecular formula is C4H10N2O3. The molecule has 0 saturated carbocycles. The van der Waals surface area contributed by atoms with Gasteiger partial charge in [0.25, 0.3) is 0 Å². The molecule has 0 unspecified atom stereocenters. The highest BCUT2D eigenvalue weighted by molar-refractivity contribution is 5.63. The monoisotopic (exact) mass is 134 g/mol. The van der Waals surface area contributed by atoms with E-state index < -0.39 is 6.09 Å². The molecular weight excluding hydrogens is 124 g/mol. The van der Waals surface area contributed by atoms with Gasteiger partial charge in [-0.05, 0) is 0 Å². The van der Waals surface area contributed by atoms with Gasteiger partial charge < -0.3 is 9.84 Å². The Morgan fingerprint density at radius 1 is 1.89 bits per heavy atom. The first-order valence-electron chi connectivity index (χ1n) is 2.42. The summed E-state index contributed by atoms with van der Waals surface area (Å²) in [6, 6.07) is 0. The van der Waals surface area contributed by atoms with Gasteiger partial charge in [0.15, 0.2) is 0 Å². The minimum atomic E-state index is -1.15. The lowest BCUT2D eigenvalue weighted by Crippen LogP contribution is -2.38. The van der Waals surface area contributed by atoms with Gasteiger partial charge in [0, 0.05) is 7.11 Å². The zero-order chi connectivity index (χ0) is 7.28. The van der Waals surface area contributed by atoms with E-state index in [1.807, 2.05) is 0 Å². The van der Waals surface area contributed by atoms with Crippen LogP contribution in [0, 0.1) is 0 Å². The van der Waals surface area contributed by atoms with Crippen molar-refractivity contribution in [3.05, 3.63) is 0 Å². The summed E-state index contributed by atoms with van der Waals surface area (Å²) >= 11 is 0. The van der Waals surface area contributed by atoms with E-state index >= 15 is 0 Å². The number of methoxy groups -OCH3 is 1. The van der Waals surface area contributed by atoms with Gasteiger partial charge >= 0.3 is 6.09 Å². The molecule has 5 heteroatoms. The van der Waals surface area contributed by atoms with Gasteiger partial charge in [-0.3, -0.25) is 0 Å². The molecule has 0 aromatic carbocycles. The quantitative estimate of drug-likeness (QED) is 0.309. The molecule has 0 rings (SSSR count). The number of hydrogen-bond donors (Lipinski definition) is 2. The van der Waals surface area contributed by atoms with E-state index in [2.05, 4.69) is 4.74 Å². The van der Waals surface area contributed by atoms with E-state index in [0.717, 1.165) is 0 Å². The summed E-state index contributed by atoms with van der Waals surface area (Å²) in [6.07, 6.45) is -1.15. The van der Waals surface area contributed by atoms with E-state index in [4.69, 9.17) is 10.9 Å². The highest BCUT2D eigenvalue weighted by Gasteiger charge is 2.02. The van der Waals surface area contributed by atoms with Gasteiger partial charge in [-0.2, -0.15) is 0 Å². The van der Waals surface area contributed by atoms with Gasteiger partial charge in [-0.15, -0.1) is 0 Å². The third-order valence-corrected chi connectivity index (χ3v) is 0.782. The zero-order valence-corrected chi connectivity index (χ0v) is 5.20. The topological polar surface area (TPSA) is 75.8 Å². The van der Waals surface area contributed by atoms with E-state index in [-0.39, 0.29) is 6.54 Å². The lowest BCUT2D eigenvalue weighted by Gasteiger charge is -2.10. The minimum absolute atomic E-state index is 0.200. The number of nitrogens with zero attached hydrogens (tertiary/aromatic N) is 1. The normalized spacial score (nSPS) is 9.11. The Bertz CT molecular complexity index is 95.8. The van der Waals surface area contributed by atoms with E-state index in [9.17, 15) is 4.79 Å². The van der Waals surface area contributed by atoms with Crippen molar-refractivity contribution in [1.82, 2.24) is 5.01 Å². The number of ether oxygens (including phenoxy) is 1. The summed E-state index contributed by atoms with van der Waals surface area (Å²) in [4.78, 5) is 9.95. The largest absolute Gasteiger partial charge is 0.464 e. The molecule has 54 valence electrons. The average molecular weight is 134 g/mol. The second kappa shape index (κ2) is 4.11. The van der Waals surface area contributed by atoms with Crippen LogP contribution in [0.15, 0.2) is 0 Å². The number of carbonyl (C=O) groups is 1. The third-order valence-electron chi connectivity index (χ3n) is 0.782. The number of amides is 1. The fourth-order valence-electron chi connectivity index (χ4n) is 0.285. The zero-order valence-electron chi connectivity index (χ0n) is 5.20. The molecule has 0 aliphatic carbocycles. The fourth-order valence-corrected chi connectivity index (χ4v) is 0.285. The number of hydrogen-bond acceptors (Lipinski definition) is 3. The van der Waals surface area contributed by atoms with Crippen LogP contribution in [-0.4, -0.2) is 36.5 Å². The second-order valence-electron chi connectivity index (χ2n) is 1.47. The van der Waals surface area contributed by atoms with Crippen LogP contribution < -0.4 is 5.84 Å². The van der Waals surface area contributed by atoms with Crippen LogP contribution in [0.5, 0.6) is 0 Å². The van der Waals surface area contributed by atoms with Crippen LogP contribution in [-0.2, 0) is 4.74 Å². The molecule has 0 saturated heterocycles. The molecule has 0 heterocycles. The summed E-state index contributed by atoms with van der Waals surface area (Å²) in [5.74, 6) is 4.96. The standard InChI is InChI=1S/C4H10N2O3/c1-9-3-2-6(5)4(7)8/h2-3,5H2,1H3,(H,7,8). The molecule has 9 heavy (non-hydrogen) atoms. The van der Waals surface area contributed by atoms with Crippen molar-refractivity contribution in [2.75, 3.05) is 20.3 Å². The van der Waals surface area contributed by atoms with Crippen molar-refractivity contribution >= 4 is 6.09 Å². The van der Waals surface area contributed by atoms with Gasteiger partial charge in [0.2, 0.25) is 0 Å². The van der Waals surface area contributed by atoms with Crippen molar-refractivity contribution in [1.29, 1.82) is 0 Å². The predicted molar refractivity (Wildman–Crippen MR) is 30.8 cm³/mol. The third kappa shape index (κ3) is 3.75. The molecule has 0 spiro atoms. The minimum Gasteiger partial charge on any atom is -0.464 e. The number of carboxylic acid groups (broad SMARTS) is 1. The Labute approximate surface area is 53.0 Å². The molecule has 0 aromatic rings. The first-order chi connectivity index (χ1) is 4.18. The van der Waals surface area contributed by atoms with Crippen LogP contribution in [0.4, 0.5) is 4.79 Å². The van der Waals surface area contributed by atoms with Crippen molar-refractivity contribution in [2.45, 2.75) is 0 Å². The summed E-state index contributed by atoms with van der Waals surface area (Å²) in [5, 5.41) is 8.82. The Kier molecular flexibility index (Phi) is 3.74.